The number of thiol groups is 1. The highest BCUT2D eigenvalue weighted by Gasteiger charge is 2.34. The summed E-state index contributed by atoms with van der Waals surface area (Å²) in [5.41, 5.74) is 35.4. The van der Waals surface area contributed by atoms with Crippen LogP contribution in [-0.4, -0.2) is 136 Å². The van der Waals surface area contributed by atoms with Crippen molar-refractivity contribution < 1.29 is 38.7 Å². The third-order valence-corrected chi connectivity index (χ3v) is 11.4. The van der Waals surface area contributed by atoms with E-state index in [9.17, 15) is 38.7 Å². The summed E-state index contributed by atoms with van der Waals surface area (Å²) in [6.07, 6.45) is 3.82. The minimum Gasteiger partial charge on any atom is -0.480 e. The monoisotopic (exact) mass is 1000 g/mol. The third-order valence-electron chi connectivity index (χ3n) is 11.1. The molecule has 71 heavy (non-hydrogen) atoms. The Bertz CT molecular complexity index is 2570. The number of rotatable bonds is 29. The zero-order chi connectivity index (χ0) is 52.0. The number of fused-ring (bicyclic) bond motifs is 2. The number of para-hydroxylation sites is 2. The normalized spacial score (nSPS) is 13.5. The molecule has 25 nitrogen and oxygen atoms in total. The zero-order valence-corrected chi connectivity index (χ0v) is 40.2. The number of nitrogens with one attached hydrogen (secondary N) is 8. The number of amides is 6. The summed E-state index contributed by atoms with van der Waals surface area (Å²) in [7, 11) is 0. The molecular weight excluding hydrogens is 939 g/mol. The number of hydrogen-bond acceptors (Lipinski definition) is 11. The summed E-state index contributed by atoms with van der Waals surface area (Å²) in [6.45, 7) is 1.57. The van der Waals surface area contributed by atoms with Crippen LogP contribution in [0.1, 0.15) is 56.6 Å². The molecule has 0 fully saturated rings. The van der Waals surface area contributed by atoms with E-state index in [1.807, 2.05) is 36.4 Å². The van der Waals surface area contributed by atoms with Gasteiger partial charge in [0.25, 0.3) is 0 Å². The van der Waals surface area contributed by atoms with Crippen molar-refractivity contribution in [3.05, 3.63) is 72.1 Å². The van der Waals surface area contributed by atoms with Crippen LogP contribution in [-0.2, 0) is 46.4 Å². The minimum atomic E-state index is -1.41. The van der Waals surface area contributed by atoms with Crippen LogP contribution in [0.3, 0.4) is 0 Å². The Balaban J connectivity index is 1.68. The van der Waals surface area contributed by atoms with Crippen LogP contribution in [0.25, 0.3) is 21.8 Å². The summed E-state index contributed by atoms with van der Waals surface area (Å²) >= 11 is 4.33. The number of carboxylic acids is 1. The van der Waals surface area contributed by atoms with Gasteiger partial charge in [0.15, 0.2) is 17.9 Å². The smallest absolute Gasteiger partial charge is 0.326 e. The molecule has 0 unspecified atom stereocenters. The Labute approximate surface area is 414 Å². The standard InChI is InChI=1S/C45H65N17O8S/c1-24(63)57-31(13-6-16-52-43(46)47)37(64)62-36(23-71)41(68)61-35(20-26-22-56-30-12-5-3-10-28(26)30)40(67)60-34(19-25-21-55-29-11-4-2-9-27(25)29)39(66)58-32(14-7-17-53-44(48)49)38(65)59-33(42(69)70)15-8-18-54-45(50)51/h2-5,9-12,21-22,31-36,55-56,71H,6-8,13-20,23H2,1H3,(H,57,63)(H,58,66)(H,59,65)(H,60,67)(H,61,68)(H,62,64)(H,69,70)(H4,46,47,52)(H4,48,49,53)(H4,50,51,54)/t31-,32-,33-,34-,35-,36-/m0/s1. The summed E-state index contributed by atoms with van der Waals surface area (Å²) < 4.78 is 0. The van der Waals surface area contributed by atoms with Crippen molar-refractivity contribution in [2.45, 2.75) is 94.5 Å². The fourth-order valence-electron chi connectivity index (χ4n) is 7.57. The summed E-state index contributed by atoms with van der Waals surface area (Å²) in [5, 5.41) is 27.4. The molecule has 4 aromatic rings. The van der Waals surface area contributed by atoms with Crippen molar-refractivity contribution in [3.8, 4) is 0 Å². The summed E-state index contributed by atoms with van der Waals surface area (Å²) in [6, 6.07) is 6.62. The van der Waals surface area contributed by atoms with E-state index in [4.69, 9.17) is 34.4 Å². The number of aromatic nitrogens is 2. The largest absolute Gasteiger partial charge is 0.480 e. The topological polar surface area (TPSA) is 437 Å². The van der Waals surface area contributed by atoms with Gasteiger partial charge in [-0.15, -0.1) is 0 Å². The summed E-state index contributed by atoms with van der Waals surface area (Å²) in [5.74, 6) is -6.59. The lowest BCUT2D eigenvalue weighted by Crippen LogP contribution is -2.60. The highest BCUT2D eigenvalue weighted by atomic mass is 32.1. The Morgan fingerprint density at radius 2 is 0.859 bits per heavy atom. The number of guanidine groups is 3. The molecule has 2 aromatic carbocycles. The van der Waals surface area contributed by atoms with E-state index in [0.29, 0.717) is 17.5 Å². The van der Waals surface area contributed by atoms with Crippen molar-refractivity contribution in [3.63, 3.8) is 0 Å². The first-order valence-corrected chi connectivity index (χ1v) is 23.4. The van der Waals surface area contributed by atoms with Gasteiger partial charge in [0.1, 0.15) is 36.3 Å². The second-order valence-electron chi connectivity index (χ2n) is 16.6. The van der Waals surface area contributed by atoms with Crippen molar-refractivity contribution in [2.24, 2.45) is 49.4 Å². The molecular formula is C45H65N17O8S. The molecule has 0 bridgehead atoms. The van der Waals surface area contributed by atoms with E-state index in [1.165, 1.54) is 6.92 Å². The van der Waals surface area contributed by atoms with Gasteiger partial charge >= 0.3 is 5.97 Å². The Kier molecular flexibility index (Phi) is 21.8. The van der Waals surface area contributed by atoms with Crippen LogP contribution in [0.15, 0.2) is 75.9 Å². The molecule has 0 aliphatic rings. The Morgan fingerprint density at radius 1 is 0.521 bits per heavy atom. The van der Waals surface area contributed by atoms with Gasteiger partial charge in [-0.2, -0.15) is 12.6 Å². The average molecular weight is 1000 g/mol. The van der Waals surface area contributed by atoms with E-state index in [2.05, 4.69) is 69.5 Å². The number of carbonyl (C=O) groups excluding carboxylic acids is 6. The molecule has 384 valence electrons. The molecule has 6 atom stereocenters. The van der Waals surface area contributed by atoms with Crippen LogP contribution < -0.4 is 66.3 Å². The molecule has 2 aromatic heterocycles. The van der Waals surface area contributed by atoms with Crippen molar-refractivity contribution >= 4 is 93.7 Å². The first kappa shape index (κ1) is 55.6. The lowest BCUT2D eigenvalue weighted by Gasteiger charge is -2.27. The van der Waals surface area contributed by atoms with Crippen LogP contribution in [0.4, 0.5) is 0 Å². The molecule has 26 heteroatoms. The van der Waals surface area contributed by atoms with Gasteiger partial charge in [0.05, 0.1) is 0 Å². The van der Waals surface area contributed by atoms with Gasteiger partial charge in [-0.1, -0.05) is 36.4 Å². The van der Waals surface area contributed by atoms with E-state index in [-0.39, 0.29) is 88.2 Å². The maximum Gasteiger partial charge on any atom is 0.326 e. The second-order valence-corrected chi connectivity index (χ2v) is 16.9. The fraction of sp³-hybridized carbons (Fsp3) is 0.422. The number of carbonyl (C=O) groups is 7. The molecule has 0 aliphatic heterocycles. The number of carboxylic acid groups (broad SMARTS) is 1. The molecule has 21 N–H and O–H groups in total. The molecule has 0 aliphatic carbocycles. The SMILES string of the molecule is CC(=O)N[C@@H](CCCN=C(N)N)C(=O)N[C@@H](CS)C(=O)N[C@@H](Cc1c[nH]c2ccccc12)C(=O)N[C@@H](Cc1c[nH]c2ccccc12)C(=O)N[C@@H](CCCN=C(N)N)C(=O)N[C@@H](CCCN=C(N)N)C(=O)O. The maximum absolute atomic E-state index is 14.8. The van der Waals surface area contributed by atoms with Crippen LogP contribution in [0, 0.1) is 0 Å². The number of aliphatic imine (C=N–C) groups is 3. The van der Waals surface area contributed by atoms with E-state index in [1.54, 1.807) is 24.5 Å². The first-order valence-electron chi connectivity index (χ1n) is 22.8. The van der Waals surface area contributed by atoms with Crippen LogP contribution >= 0.6 is 12.6 Å². The fourth-order valence-corrected chi connectivity index (χ4v) is 7.82. The Hall–Kier alpha value is -8.03. The molecule has 0 spiro atoms. The molecule has 4 rings (SSSR count). The van der Waals surface area contributed by atoms with E-state index < -0.39 is 77.7 Å². The quantitative estimate of drug-likeness (QED) is 0.0116. The number of H-pyrrole nitrogens is 2. The predicted octanol–water partition coefficient (Wildman–Crippen LogP) is -2.46. The van der Waals surface area contributed by atoms with Crippen molar-refractivity contribution in [2.75, 3.05) is 25.4 Å². The number of nitrogens with two attached hydrogens (primary N) is 6. The molecule has 2 heterocycles. The van der Waals surface area contributed by atoms with Gasteiger partial charge in [-0.25, -0.2) is 4.79 Å². The third kappa shape index (κ3) is 18.1. The van der Waals surface area contributed by atoms with E-state index >= 15 is 0 Å². The lowest BCUT2D eigenvalue weighted by molar-refractivity contribution is -0.142. The molecule has 0 radical (unpaired) electrons. The van der Waals surface area contributed by atoms with Gasteiger partial charge in [-0.05, 0) is 61.8 Å². The average Bonchev–Trinajstić information content (AvgIpc) is 3.93. The highest BCUT2D eigenvalue weighted by molar-refractivity contribution is 7.80. The van der Waals surface area contributed by atoms with Gasteiger partial charge in [0.2, 0.25) is 35.4 Å². The molecule has 0 saturated carbocycles. The number of aromatic amines is 2. The molecule has 0 saturated heterocycles. The van der Waals surface area contributed by atoms with E-state index in [0.717, 1.165) is 21.8 Å². The van der Waals surface area contributed by atoms with Gasteiger partial charge < -0.3 is 81.4 Å². The first-order chi connectivity index (χ1) is 33.9. The lowest BCUT2D eigenvalue weighted by atomic mass is 10.0. The maximum atomic E-state index is 14.8. The number of benzene rings is 2. The van der Waals surface area contributed by atoms with Crippen molar-refractivity contribution in [1.29, 1.82) is 0 Å². The van der Waals surface area contributed by atoms with Gasteiger partial charge in [0, 0.05) is 79.4 Å². The van der Waals surface area contributed by atoms with Crippen LogP contribution in [0.5, 0.6) is 0 Å². The number of nitrogens with zero attached hydrogens (tertiary/aromatic N) is 3. The number of hydrogen-bond donors (Lipinski definition) is 16. The minimum absolute atomic E-state index is 0.0519. The predicted molar refractivity (Wildman–Crippen MR) is 272 cm³/mol. The second kappa shape index (κ2) is 27.8. The highest BCUT2D eigenvalue weighted by Crippen LogP contribution is 2.21. The summed E-state index contributed by atoms with van der Waals surface area (Å²) in [4.78, 5) is 113. The molecule has 6 amide bonds. The Morgan fingerprint density at radius 3 is 1.25 bits per heavy atom. The van der Waals surface area contributed by atoms with Gasteiger partial charge in [-0.3, -0.25) is 43.7 Å². The zero-order valence-electron chi connectivity index (χ0n) is 39.3. The van der Waals surface area contributed by atoms with Crippen LogP contribution in [0.2, 0.25) is 0 Å². The van der Waals surface area contributed by atoms with Crippen molar-refractivity contribution in [1.82, 2.24) is 41.9 Å². The number of aliphatic carboxylic acids is 1.